The van der Waals surface area contributed by atoms with Crippen LogP contribution in [-0.4, -0.2) is 56.9 Å². The van der Waals surface area contributed by atoms with Gasteiger partial charge in [-0.05, 0) is 18.2 Å². The van der Waals surface area contributed by atoms with Crippen molar-refractivity contribution < 1.29 is 13.6 Å². The highest BCUT2D eigenvalue weighted by molar-refractivity contribution is 5.90. The van der Waals surface area contributed by atoms with Crippen LogP contribution in [0.15, 0.2) is 47.5 Å². The lowest BCUT2D eigenvalue weighted by molar-refractivity contribution is 0.0646. The molecule has 0 unspecified atom stereocenters. The van der Waals surface area contributed by atoms with E-state index in [0.717, 1.165) is 5.69 Å². The second-order valence-corrected chi connectivity index (χ2v) is 7.49. The van der Waals surface area contributed by atoms with Gasteiger partial charge in [0.25, 0.3) is 5.89 Å². The lowest BCUT2D eigenvalue weighted by atomic mass is 9.99. The van der Waals surface area contributed by atoms with E-state index >= 15 is 0 Å². The first-order chi connectivity index (χ1) is 15.6. The lowest BCUT2D eigenvalue weighted by Gasteiger charge is -2.32. The zero-order valence-corrected chi connectivity index (χ0v) is 16.8. The molecule has 6 heterocycles. The Bertz CT molecular complexity index is 1460. The molecular weight excluding hydrogens is 417 g/mol. The zero-order chi connectivity index (χ0) is 21.8. The van der Waals surface area contributed by atoms with Gasteiger partial charge >= 0.3 is 11.8 Å². The first-order valence-electron chi connectivity index (χ1n) is 9.88. The van der Waals surface area contributed by atoms with Crippen LogP contribution in [0.5, 0.6) is 0 Å². The summed E-state index contributed by atoms with van der Waals surface area (Å²) >= 11 is 0. The number of aromatic amines is 1. The molecule has 0 saturated carbocycles. The molecular formula is C20H16FN9O2. The van der Waals surface area contributed by atoms with Crippen LogP contribution in [0.4, 0.5) is 4.39 Å². The molecule has 0 radical (unpaired) electrons. The van der Waals surface area contributed by atoms with Crippen molar-refractivity contribution in [3.63, 3.8) is 0 Å². The lowest BCUT2D eigenvalue weighted by Crippen LogP contribution is -2.41. The van der Waals surface area contributed by atoms with Gasteiger partial charge in [0.2, 0.25) is 0 Å². The number of halogens is 1. The first kappa shape index (κ1) is 18.4. The fourth-order valence-corrected chi connectivity index (χ4v) is 4.01. The Morgan fingerprint density at radius 2 is 2.25 bits per heavy atom. The van der Waals surface area contributed by atoms with E-state index in [9.17, 15) is 9.18 Å². The van der Waals surface area contributed by atoms with Crippen LogP contribution >= 0.6 is 0 Å². The molecule has 5 aromatic rings. The number of rotatable bonds is 3. The maximum Gasteiger partial charge on any atom is 0.312 e. The standard InChI is InChI=1S/C20H16FN9O2/c1-28-9-11(8-24-28)18-25-26-19(32-18)20(31)29-6-4-13-16(23-10-22-13)17(29)14-7-15-12(21)3-2-5-30(15)27-14/h2-3,5,7-10,17H,4,6H2,1H3,(H,22,23)/t17-/m0/s1. The van der Waals surface area contributed by atoms with E-state index in [4.69, 9.17) is 4.42 Å². The Kier molecular flexibility index (Phi) is 3.93. The molecule has 0 saturated heterocycles. The number of amides is 1. The number of hydrogen-bond donors (Lipinski definition) is 1. The van der Waals surface area contributed by atoms with Gasteiger partial charge in [0.1, 0.15) is 17.4 Å². The van der Waals surface area contributed by atoms with Gasteiger partial charge < -0.3 is 14.3 Å². The molecule has 0 aliphatic carbocycles. The summed E-state index contributed by atoms with van der Waals surface area (Å²) in [4.78, 5) is 22.5. The highest BCUT2D eigenvalue weighted by Crippen LogP contribution is 2.34. The summed E-state index contributed by atoms with van der Waals surface area (Å²) in [6.07, 6.45) is 7.10. The Hall–Kier alpha value is -4.35. The molecule has 1 amide bonds. The number of pyridine rings is 1. The summed E-state index contributed by atoms with van der Waals surface area (Å²) in [5.41, 5.74) is 2.97. The van der Waals surface area contributed by atoms with E-state index < -0.39 is 17.8 Å². The summed E-state index contributed by atoms with van der Waals surface area (Å²) in [5.74, 6) is -0.808. The number of aryl methyl sites for hydroxylation is 1. The van der Waals surface area contributed by atoms with Gasteiger partial charge in [0.15, 0.2) is 0 Å². The van der Waals surface area contributed by atoms with E-state index in [1.54, 1.807) is 53.7 Å². The van der Waals surface area contributed by atoms with Crippen molar-refractivity contribution in [3.05, 3.63) is 71.9 Å². The molecule has 11 nitrogen and oxygen atoms in total. The Morgan fingerprint density at radius 1 is 1.34 bits per heavy atom. The van der Waals surface area contributed by atoms with Crippen molar-refractivity contribution in [1.82, 2.24) is 44.5 Å². The Labute approximate surface area is 179 Å². The van der Waals surface area contributed by atoms with Crippen molar-refractivity contribution in [2.24, 2.45) is 7.05 Å². The zero-order valence-electron chi connectivity index (χ0n) is 16.8. The fourth-order valence-electron chi connectivity index (χ4n) is 4.01. The van der Waals surface area contributed by atoms with Crippen LogP contribution in [0.3, 0.4) is 0 Å². The second kappa shape index (κ2) is 6.83. The van der Waals surface area contributed by atoms with Crippen LogP contribution in [0.25, 0.3) is 17.0 Å². The van der Waals surface area contributed by atoms with Crippen molar-refractivity contribution >= 4 is 11.4 Å². The molecule has 5 aromatic heterocycles. The molecule has 32 heavy (non-hydrogen) atoms. The van der Waals surface area contributed by atoms with Gasteiger partial charge in [-0.1, -0.05) is 0 Å². The van der Waals surface area contributed by atoms with E-state index in [1.807, 2.05) is 0 Å². The minimum atomic E-state index is -0.634. The molecule has 1 N–H and O–H groups in total. The third-order valence-corrected chi connectivity index (χ3v) is 5.49. The maximum atomic E-state index is 14.3. The van der Waals surface area contributed by atoms with Crippen molar-refractivity contribution in [3.8, 4) is 11.5 Å². The predicted octanol–water partition coefficient (Wildman–Crippen LogP) is 1.77. The van der Waals surface area contributed by atoms with E-state index in [-0.39, 0.29) is 11.8 Å². The monoisotopic (exact) mass is 433 g/mol. The Morgan fingerprint density at radius 3 is 3.06 bits per heavy atom. The molecule has 160 valence electrons. The summed E-state index contributed by atoms with van der Waals surface area (Å²) in [6.45, 7) is 0.375. The van der Waals surface area contributed by atoms with Crippen LogP contribution < -0.4 is 0 Å². The van der Waals surface area contributed by atoms with E-state index in [1.165, 1.54) is 10.6 Å². The molecule has 1 aliphatic heterocycles. The van der Waals surface area contributed by atoms with E-state index in [2.05, 4.69) is 30.4 Å². The number of aromatic nitrogens is 8. The second-order valence-electron chi connectivity index (χ2n) is 7.49. The third-order valence-electron chi connectivity index (χ3n) is 5.49. The topological polar surface area (TPSA) is 123 Å². The number of nitrogens with one attached hydrogen (secondary N) is 1. The van der Waals surface area contributed by atoms with Gasteiger partial charge in [-0.25, -0.2) is 13.9 Å². The van der Waals surface area contributed by atoms with Gasteiger partial charge in [0, 0.05) is 38.1 Å². The highest BCUT2D eigenvalue weighted by atomic mass is 19.1. The minimum absolute atomic E-state index is 0.150. The predicted molar refractivity (Wildman–Crippen MR) is 107 cm³/mol. The molecule has 1 atom stereocenters. The van der Waals surface area contributed by atoms with Gasteiger partial charge in [-0.15, -0.1) is 10.2 Å². The summed E-state index contributed by atoms with van der Waals surface area (Å²) in [7, 11) is 1.77. The highest BCUT2D eigenvalue weighted by Gasteiger charge is 2.38. The molecule has 12 heteroatoms. The summed E-state index contributed by atoms with van der Waals surface area (Å²) < 4.78 is 23.0. The van der Waals surface area contributed by atoms with Crippen LogP contribution in [0.1, 0.15) is 33.8 Å². The molecule has 0 bridgehead atoms. The van der Waals surface area contributed by atoms with Crippen molar-refractivity contribution in [1.29, 1.82) is 0 Å². The molecule has 1 aliphatic rings. The number of fused-ring (bicyclic) bond motifs is 2. The van der Waals surface area contributed by atoms with Crippen LogP contribution in [0.2, 0.25) is 0 Å². The molecule has 6 rings (SSSR count). The number of H-pyrrole nitrogens is 1. The Balaban J connectivity index is 1.41. The minimum Gasteiger partial charge on any atom is -0.412 e. The number of imidazole rings is 1. The van der Waals surface area contributed by atoms with Gasteiger partial charge in [-0.3, -0.25) is 9.48 Å². The fraction of sp³-hybridized carbons (Fsp3) is 0.200. The smallest absolute Gasteiger partial charge is 0.312 e. The van der Waals surface area contributed by atoms with Crippen molar-refractivity contribution in [2.75, 3.05) is 6.54 Å². The SMILES string of the molecule is Cn1cc(-c2nnc(C(=O)N3CCc4[nH]cnc4[C@@H]3c3cc4c(F)cccn4n3)o2)cn1. The molecule has 0 aromatic carbocycles. The summed E-state index contributed by atoms with van der Waals surface area (Å²) in [5, 5.41) is 16.5. The van der Waals surface area contributed by atoms with Crippen molar-refractivity contribution in [2.45, 2.75) is 12.5 Å². The number of hydrogen-bond acceptors (Lipinski definition) is 7. The van der Waals surface area contributed by atoms with Gasteiger partial charge in [0.05, 0.1) is 29.5 Å². The average Bonchev–Trinajstić information content (AvgIpc) is 3.57. The largest absolute Gasteiger partial charge is 0.412 e. The number of carbonyl (C=O) groups excluding carboxylic acids is 1. The third kappa shape index (κ3) is 2.80. The summed E-state index contributed by atoms with van der Waals surface area (Å²) in [6, 6.07) is 3.92. The van der Waals surface area contributed by atoms with Gasteiger partial charge in [-0.2, -0.15) is 10.2 Å². The van der Waals surface area contributed by atoms with Crippen LogP contribution in [-0.2, 0) is 13.5 Å². The average molecular weight is 433 g/mol. The van der Waals surface area contributed by atoms with Crippen LogP contribution in [0, 0.1) is 5.82 Å². The first-order valence-corrected chi connectivity index (χ1v) is 9.88. The molecule has 0 fully saturated rings. The maximum absolute atomic E-state index is 14.3. The molecule has 0 spiro atoms. The number of nitrogens with zero attached hydrogens (tertiary/aromatic N) is 8. The normalized spacial score (nSPS) is 15.9. The number of carbonyl (C=O) groups is 1. The van der Waals surface area contributed by atoms with E-state index in [0.29, 0.717) is 35.4 Å². The quantitative estimate of drug-likeness (QED) is 0.460.